The van der Waals surface area contributed by atoms with Crippen LogP contribution in [0, 0.1) is 12.7 Å². The number of aryl methyl sites for hydroxylation is 1. The predicted octanol–water partition coefficient (Wildman–Crippen LogP) is 5.35. The van der Waals surface area contributed by atoms with Crippen molar-refractivity contribution in [3.63, 3.8) is 0 Å². The normalized spacial score (nSPS) is 12.8. The molecule has 2 rings (SSSR count). The second-order valence-corrected chi connectivity index (χ2v) is 9.09. The molecular weight excluding hydrogens is 435 g/mol. The Morgan fingerprint density at radius 1 is 1.16 bits per heavy atom. The zero-order valence-electron chi connectivity index (χ0n) is 18.5. The third-order valence-electron chi connectivity index (χ3n) is 5.18. The van der Waals surface area contributed by atoms with E-state index in [-0.39, 0.29) is 35.2 Å². The Labute approximate surface area is 193 Å². The zero-order chi connectivity index (χ0) is 23.0. The van der Waals surface area contributed by atoms with Gasteiger partial charge in [0.05, 0.1) is 5.75 Å². The molecule has 1 N–H and O–H groups in total. The van der Waals surface area contributed by atoms with Gasteiger partial charge in [-0.25, -0.2) is 4.39 Å². The summed E-state index contributed by atoms with van der Waals surface area (Å²) in [6.45, 7) is 8.00. The minimum atomic E-state index is -0.625. The first-order valence-electron chi connectivity index (χ1n) is 10.4. The number of hydrogen-bond acceptors (Lipinski definition) is 3. The van der Waals surface area contributed by atoms with Crippen LogP contribution in [-0.4, -0.2) is 34.6 Å². The van der Waals surface area contributed by atoms with Crippen molar-refractivity contribution in [2.45, 2.75) is 58.5 Å². The van der Waals surface area contributed by atoms with Crippen molar-refractivity contribution in [1.82, 2.24) is 10.2 Å². The molecule has 2 amide bonds. The molecule has 2 aromatic rings. The van der Waals surface area contributed by atoms with Crippen LogP contribution >= 0.6 is 23.4 Å². The van der Waals surface area contributed by atoms with Crippen molar-refractivity contribution in [2.24, 2.45) is 0 Å². The molecule has 0 aliphatic heterocycles. The van der Waals surface area contributed by atoms with E-state index in [0.717, 1.165) is 17.5 Å². The minimum Gasteiger partial charge on any atom is -0.352 e. The highest BCUT2D eigenvalue weighted by Crippen LogP contribution is 2.24. The lowest BCUT2D eigenvalue weighted by atomic mass is 10.1. The molecule has 31 heavy (non-hydrogen) atoms. The monoisotopic (exact) mass is 464 g/mol. The number of benzene rings is 2. The molecule has 0 bridgehead atoms. The van der Waals surface area contributed by atoms with Gasteiger partial charge in [-0.05, 0) is 44.9 Å². The molecule has 0 aliphatic rings. The fourth-order valence-corrected chi connectivity index (χ4v) is 4.18. The van der Waals surface area contributed by atoms with E-state index in [2.05, 4.69) is 5.32 Å². The molecule has 4 nitrogen and oxygen atoms in total. The maximum atomic E-state index is 14.0. The van der Waals surface area contributed by atoms with Crippen molar-refractivity contribution < 1.29 is 14.0 Å². The van der Waals surface area contributed by atoms with E-state index >= 15 is 0 Å². The average Bonchev–Trinajstić information content (AvgIpc) is 2.74. The molecule has 0 fully saturated rings. The van der Waals surface area contributed by atoms with Crippen LogP contribution in [0.15, 0.2) is 42.5 Å². The topological polar surface area (TPSA) is 49.4 Å². The van der Waals surface area contributed by atoms with E-state index in [1.807, 2.05) is 45.0 Å². The highest BCUT2D eigenvalue weighted by atomic mass is 35.5. The summed E-state index contributed by atoms with van der Waals surface area (Å²) < 4.78 is 14.0. The minimum absolute atomic E-state index is 0.0313. The van der Waals surface area contributed by atoms with E-state index in [1.165, 1.54) is 17.8 Å². The Balaban J connectivity index is 2.11. The second-order valence-electron chi connectivity index (χ2n) is 7.69. The largest absolute Gasteiger partial charge is 0.352 e. The van der Waals surface area contributed by atoms with E-state index in [4.69, 9.17) is 11.6 Å². The third kappa shape index (κ3) is 7.54. The first kappa shape index (κ1) is 25.2. The third-order valence-corrected chi connectivity index (χ3v) is 6.47. The first-order chi connectivity index (χ1) is 14.7. The van der Waals surface area contributed by atoms with Crippen LogP contribution in [0.5, 0.6) is 0 Å². The number of rotatable bonds is 10. The maximum absolute atomic E-state index is 14.0. The van der Waals surface area contributed by atoms with Gasteiger partial charge in [0.2, 0.25) is 11.8 Å². The quantitative estimate of drug-likeness (QED) is 0.515. The summed E-state index contributed by atoms with van der Waals surface area (Å²) in [5.74, 6) is -0.340. The van der Waals surface area contributed by atoms with Crippen LogP contribution in [-0.2, 0) is 21.9 Å². The number of nitrogens with one attached hydrogen (secondary N) is 1. The van der Waals surface area contributed by atoms with Crippen molar-refractivity contribution in [2.75, 3.05) is 5.75 Å². The fraction of sp³-hybridized carbons (Fsp3) is 0.417. The number of amides is 2. The Hall–Kier alpha value is -2.05. The number of carbonyl (C=O) groups is 2. The van der Waals surface area contributed by atoms with E-state index in [0.29, 0.717) is 17.1 Å². The number of hydrogen-bond donors (Lipinski definition) is 1. The number of carbonyl (C=O) groups excluding carboxylic acids is 2. The molecule has 0 heterocycles. The summed E-state index contributed by atoms with van der Waals surface area (Å²) >= 11 is 7.36. The van der Waals surface area contributed by atoms with Crippen molar-refractivity contribution in [3.8, 4) is 0 Å². The fourth-order valence-electron chi connectivity index (χ4n) is 2.93. The standard InChI is InChI=1S/C24H30ClFN2O2S/c1-5-17(3)27-24(30)18(4)28(13-19-11-9-16(2)10-12-19)23(29)15-31-14-20-21(25)7-6-8-22(20)26/h6-12,17-18H,5,13-15H2,1-4H3,(H,27,30)/t17-,18+/m0/s1. The number of halogens is 2. The summed E-state index contributed by atoms with van der Waals surface area (Å²) in [6.07, 6.45) is 0.809. The van der Waals surface area contributed by atoms with Crippen molar-refractivity contribution >= 4 is 35.2 Å². The molecule has 7 heteroatoms. The molecular formula is C24H30ClFN2O2S. The van der Waals surface area contributed by atoms with Gasteiger partial charge in [-0.3, -0.25) is 9.59 Å². The average molecular weight is 465 g/mol. The number of thioether (sulfide) groups is 1. The van der Waals surface area contributed by atoms with Gasteiger partial charge < -0.3 is 10.2 Å². The molecule has 0 spiro atoms. The molecule has 2 aromatic carbocycles. The van der Waals surface area contributed by atoms with Gasteiger partial charge in [0.15, 0.2) is 0 Å². The van der Waals surface area contributed by atoms with Gasteiger partial charge >= 0.3 is 0 Å². The Morgan fingerprint density at radius 2 is 1.84 bits per heavy atom. The summed E-state index contributed by atoms with van der Waals surface area (Å²) in [6, 6.07) is 11.8. The molecule has 2 atom stereocenters. The van der Waals surface area contributed by atoms with Crippen molar-refractivity contribution in [3.05, 3.63) is 70.0 Å². The zero-order valence-corrected chi connectivity index (χ0v) is 20.0. The van der Waals surface area contributed by atoms with E-state index < -0.39 is 6.04 Å². The SMILES string of the molecule is CC[C@H](C)NC(=O)[C@@H](C)N(Cc1ccc(C)cc1)C(=O)CSCc1c(F)cccc1Cl. The summed E-state index contributed by atoms with van der Waals surface area (Å²) in [7, 11) is 0. The molecule has 168 valence electrons. The summed E-state index contributed by atoms with van der Waals surface area (Å²) in [5, 5.41) is 3.29. The maximum Gasteiger partial charge on any atom is 0.242 e. The Bertz CT molecular complexity index is 871. The molecule has 0 aliphatic carbocycles. The molecule has 0 unspecified atom stereocenters. The van der Waals surface area contributed by atoms with Crippen LogP contribution in [0.3, 0.4) is 0 Å². The molecule has 0 radical (unpaired) electrons. The molecule has 0 saturated heterocycles. The van der Waals surface area contributed by atoms with Gasteiger partial charge in [0, 0.05) is 28.9 Å². The van der Waals surface area contributed by atoms with Gasteiger partial charge in [0.25, 0.3) is 0 Å². The van der Waals surface area contributed by atoms with Crippen LogP contribution < -0.4 is 5.32 Å². The highest BCUT2D eigenvalue weighted by molar-refractivity contribution is 7.99. The second kappa shape index (κ2) is 12.1. The lowest BCUT2D eigenvalue weighted by Gasteiger charge is -2.29. The Morgan fingerprint density at radius 3 is 2.45 bits per heavy atom. The summed E-state index contributed by atoms with van der Waals surface area (Å²) in [4.78, 5) is 27.4. The highest BCUT2D eigenvalue weighted by Gasteiger charge is 2.26. The Kier molecular flexibility index (Phi) is 9.85. The van der Waals surface area contributed by atoms with Crippen LogP contribution in [0.2, 0.25) is 5.02 Å². The van der Waals surface area contributed by atoms with Gasteiger partial charge in [-0.2, -0.15) is 0 Å². The molecule has 0 saturated carbocycles. The van der Waals surface area contributed by atoms with Gasteiger partial charge in [-0.15, -0.1) is 11.8 Å². The van der Waals surface area contributed by atoms with Crippen LogP contribution in [0.1, 0.15) is 43.9 Å². The van der Waals surface area contributed by atoms with E-state index in [1.54, 1.807) is 24.0 Å². The summed E-state index contributed by atoms with van der Waals surface area (Å²) in [5.41, 5.74) is 2.46. The van der Waals surface area contributed by atoms with Crippen LogP contribution in [0.25, 0.3) is 0 Å². The van der Waals surface area contributed by atoms with Crippen LogP contribution in [0.4, 0.5) is 4.39 Å². The lowest BCUT2D eigenvalue weighted by molar-refractivity contribution is -0.138. The van der Waals surface area contributed by atoms with Gasteiger partial charge in [-0.1, -0.05) is 54.4 Å². The molecule has 0 aromatic heterocycles. The number of nitrogens with zero attached hydrogens (tertiary/aromatic N) is 1. The smallest absolute Gasteiger partial charge is 0.242 e. The first-order valence-corrected chi connectivity index (χ1v) is 11.9. The lowest BCUT2D eigenvalue weighted by Crippen LogP contribution is -2.50. The van der Waals surface area contributed by atoms with Gasteiger partial charge in [0.1, 0.15) is 11.9 Å². The van der Waals surface area contributed by atoms with Crippen molar-refractivity contribution in [1.29, 1.82) is 0 Å². The van der Waals surface area contributed by atoms with E-state index in [9.17, 15) is 14.0 Å². The predicted molar refractivity (Wildman–Crippen MR) is 127 cm³/mol.